The molecular weight excluding hydrogens is 373 g/mol. The summed E-state index contributed by atoms with van der Waals surface area (Å²) in [6.07, 6.45) is -3.19. The normalized spacial score (nSPS) is 17.2. The Labute approximate surface area is 149 Å². The summed E-state index contributed by atoms with van der Waals surface area (Å²) in [4.78, 5) is 25.6. The number of rotatable bonds is 2. The number of thiocarbonyl (C=S) groups is 1. The Morgan fingerprint density at radius 1 is 1.20 bits per heavy atom. The molecule has 0 saturated carbocycles. The lowest BCUT2D eigenvalue weighted by Gasteiger charge is -2.29. The number of carbonyl (C=O) groups is 2. The summed E-state index contributed by atoms with van der Waals surface area (Å²) >= 11 is 6.35. The van der Waals surface area contributed by atoms with Gasteiger partial charge in [0.2, 0.25) is 0 Å². The summed E-state index contributed by atoms with van der Waals surface area (Å²) in [6, 6.07) is 5.90. The minimum Gasteiger partial charge on any atom is -0.298 e. The van der Waals surface area contributed by atoms with Crippen molar-refractivity contribution in [1.29, 1.82) is 0 Å². The lowest BCUT2D eigenvalue weighted by atomic mass is 10.1. The average molecular weight is 382 g/mol. The largest absolute Gasteiger partial charge is 0.416 e. The number of hydrogen-bond donors (Lipinski definition) is 1. The van der Waals surface area contributed by atoms with Crippen LogP contribution in [0.5, 0.6) is 0 Å². The Bertz CT molecular complexity index is 889. The molecule has 0 bridgehead atoms. The molecule has 1 aromatic carbocycles. The van der Waals surface area contributed by atoms with Crippen molar-refractivity contribution in [1.82, 2.24) is 5.32 Å². The fourth-order valence-electron chi connectivity index (χ4n) is 2.24. The smallest absolute Gasteiger partial charge is 0.298 e. The van der Waals surface area contributed by atoms with E-state index in [2.05, 4.69) is 5.32 Å². The zero-order valence-electron chi connectivity index (χ0n) is 12.3. The average Bonchev–Trinajstić information content (AvgIpc) is 3.04. The summed E-state index contributed by atoms with van der Waals surface area (Å²) in [6.45, 7) is 0. The highest BCUT2D eigenvalue weighted by molar-refractivity contribution is 7.80. The zero-order chi connectivity index (χ0) is 18.2. The van der Waals surface area contributed by atoms with Crippen LogP contribution in [0.1, 0.15) is 11.1 Å². The van der Waals surface area contributed by atoms with E-state index in [0.717, 1.165) is 17.0 Å². The van der Waals surface area contributed by atoms with Gasteiger partial charge in [0, 0.05) is 0 Å². The quantitative estimate of drug-likeness (QED) is 0.491. The molecule has 3 rings (SSSR count). The Kier molecular flexibility index (Phi) is 4.44. The Morgan fingerprint density at radius 2 is 1.96 bits per heavy atom. The Morgan fingerprint density at radius 3 is 2.60 bits per heavy atom. The minimum absolute atomic E-state index is 0.0685. The van der Waals surface area contributed by atoms with E-state index in [9.17, 15) is 22.8 Å². The summed E-state index contributed by atoms with van der Waals surface area (Å²) < 4.78 is 38.7. The van der Waals surface area contributed by atoms with Crippen molar-refractivity contribution >= 4 is 52.2 Å². The van der Waals surface area contributed by atoms with Crippen LogP contribution in [0.4, 0.5) is 18.9 Å². The number of thiophene rings is 1. The molecule has 2 aromatic rings. The van der Waals surface area contributed by atoms with Gasteiger partial charge in [-0.1, -0.05) is 6.07 Å². The molecule has 0 aliphatic carbocycles. The first-order valence-corrected chi connectivity index (χ1v) is 8.23. The van der Waals surface area contributed by atoms with Crippen molar-refractivity contribution in [2.24, 2.45) is 0 Å². The van der Waals surface area contributed by atoms with Crippen molar-refractivity contribution in [2.75, 3.05) is 4.90 Å². The van der Waals surface area contributed by atoms with E-state index in [1.165, 1.54) is 29.5 Å². The maximum atomic E-state index is 12.9. The van der Waals surface area contributed by atoms with Gasteiger partial charge >= 0.3 is 6.18 Å². The van der Waals surface area contributed by atoms with Gasteiger partial charge in [0.1, 0.15) is 5.57 Å². The minimum atomic E-state index is -4.56. The number of carbonyl (C=O) groups excluding carboxylic acids is 2. The maximum absolute atomic E-state index is 12.9. The van der Waals surface area contributed by atoms with Crippen molar-refractivity contribution in [2.45, 2.75) is 6.18 Å². The molecule has 0 atom stereocenters. The highest BCUT2D eigenvalue weighted by Crippen LogP contribution is 2.32. The molecule has 0 radical (unpaired) electrons. The molecule has 2 heterocycles. The Balaban J connectivity index is 2.03. The summed E-state index contributed by atoms with van der Waals surface area (Å²) in [5.41, 5.74) is -0.549. The van der Waals surface area contributed by atoms with E-state index in [-0.39, 0.29) is 16.4 Å². The van der Waals surface area contributed by atoms with Crippen LogP contribution in [0.3, 0.4) is 0 Å². The fraction of sp³-hybridized carbons (Fsp3) is 0.0625. The lowest BCUT2D eigenvalue weighted by molar-refractivity contribution is -0.137. The molecule has 128 valence electrons. The molecule has 1 aliphatic rings. The molecule has 0 unspecified atom stereocenters. The van der Waals surface area contributed by atoms with Crippen LogP contribution >= 0.6 is 23.6 Å². The third-order valence-corrected chi connectivity index (χ3v) is 4.37. The molecule has 9 heteroatoms. The molecule has 2 amide bonds. The number of benzene rings is 1. The first kappa shape index (κ1) is 17.3. The van der Waals surface area contributed by atoms with Crippen LogP contribution < -0.4 is 10.2 Å². The van der Waals surface area contributed by atoms with Crippen LogP contribution in [-0.2, 0) is 15.8 Å². The first-order valence-electron chi connectivity index (χ1n) is 6.88. The third kappa shape index (κ3) is 3.47. The fourth-order valence-corrected chi connectivity index (χ4v) is 3.14. The molecule has 1 aliphatic heterocycles. The molecular formula is C16H9F3N2O2S2. The van der Waals surface area contributed by atoms with Gasteiger partial charge in [-0.05, 0) is 58.9 Å². The summed E-state index contributed by atoms with van der Waals surface area (Å²) in [5.74, 6) is -1.47. The van der Waals surface area contributed by atoms with Gasteiger partial charge in [0.15, 0.2) is 5.11 Å². The zero-order valence-corrected chi connectivity index (χ0v) is 14.0. The molecule has 4 nitrogen and oxygen atoms in total. The Hall–Kier alpha value is -2.52. The van der Waals surface area contributed by atoms with Gasteiger partial charge in [-0.25, -0.2) is 0 Å². The van der Waals surface area contributed by atoms with E-state index in [4.69, 9.17) is 12.2 Å². The van der Waals surface area contributed by atoms with Crippen molar-refractivity contribution in [3.05, 3.63) is 57.8 Å². The predicted molar refractivity (Wildman–Crippen MR) is 92.0 cm³/mol. The van der Waals surface area contributed by atoms with E-state index in [1.54, 1.807) is 16.8 Å². The molecule has 1 saturated heterocycles. The summed E-state index contributed by atoms with van der Waals surface area (Å²) in [7, 11) is 0. The van der Waals surface area contributed by atoms with Gasteiger partial charge in [0.05, 0.1) is 11.3 Å². The van der Waals surface area contributed by atoms with Gasteiger partial charge in [-0.15, -0.1) is 0 Å². The van der Waals surface area contributed by atoms with Crippen LogP contribution in [0.15, 0.2) is 46.7 Å². The number of nitrogens with zero attached hydrogens (tertiary/aromatic N) is 1. The van der Waals surface area contributed by atoms with Gasteiger partial charge in [-0.3, -0.25) is 19.8 Å². The van der Waals surface area contributed by atoms with Crippen molar-refractivity contribution in [3.8, 4) is 0 Å². The highest BCUT2D eigenvalue weighted by Gasteiger charge is 2.36. The number of amides is 2. The van der Waals surface area contributed by atoms with E-state index >= 15 is 0 Å². The number of alkyl halides is 3. The molecule has 1 aromatic heterocycles. The number of halogens is 3. The molecule has 1 N–H and O–H groups in total. The monoisotopic (exact) mass is 382 g/mol. The van der Waals surface area contributed by atoms with Crippen LogP contribution in [0, 0.1) is 0 Å². The molecule has 1 fully saturated rings. The number of nitrogens with one attached hydrogen (secondary N) is 1. The van der Waals surface area contributed by atoms with Crippen LogP contribution in [-0.4, -0.2) is 16.9 Å². The van der Waals surface area contributed by atoms with Crippen LogP contribution in [0.2, 0.25) is 0 Å². The maximum Gasteiger partial charge on any atom is 0.416 e. The number of hydrogen-bond acceptors (Lipinski definition) is 4. The SMILES string of the molecule is O=C1NC(=S)N(c2cccc(C(F)(F)F)c2)C(=O)/C1=C/c1ccsc1. The number of anilines is 1. The first-order chi connectivity index (χ1) is 11.8. The van der Waals surface area contributed by atoms with Crippen LogP contribution in [0.25, 0.3) is 6.08 Å². The van der Waals surface area contributed by atoms with Gasteiger partial charge in [0.25, 0.3) is 11.8 Å². The second-order valence-corrected chi connectivity index (χ2v) is 6.23. The topological polar surface area (TPSA) is 49.4 Å². The third-order valence-electron chi connectivity index (χ3n) is 3.39. The van der Waals surface area contributed by atoms with Crippen molar-refractivity contribution in [3.63, 3.8) is 0 Å². The molecule has 0 spiro atoms. The second-order valence-electron chi connectivity index (χ2n) is 5.06. The standard InChI is InChI=1S/C16H9F3N2O2S2/c17-16(18,19)10-2-1-3-11(7-10)21-14(23)12(13(22)20-15(21)24)6-9-4-5-25-8-9/h1-8H,(H,20,22,24)/b12-6+. The van der Waals surface area contributed by atoms with E-state index in [0.29, 0.717) is 5.56 Å². The lowest BCUT2D eigenvalue weighted by Crippen LogP contribution is -2.54. The highest BCUT2D eigenvalue weighted by atomic mass is 32.1. The molecule has 25 heavy (non-hydrogen) atoms. The summed E-state index contributed by atoms with van der Waals surface area (Å²) in [5, 5.41) is 5.57. The van der Waals surface area contributed by atoms with Gasteiger partial charge < -0.3 is 0 Å². The van der Waals surface area contributed by atoms with E-state index in [1.807, 2.05) is 0 Å². The van der Waals surface area contributed by atoms with E-state index < -0.39 is 23.6 Å². The van der Waals surface area contributed by atoms with Gasteiger partial charge in [-0.2, -0.15) is 24.5 Å². The predicted octanol–water partition coefficient (Wildman–Crippen LogP) is 3.60. The van der Waals surface area contributed by atoms with Crippen molar-refractivity contribution < 1.29 is 22.8 Å². The second kappa shape index (κ2) is 6.41.